The van der Waals surface area contributed by atoms with Crippen molar-refractivity contribution >= 4 is 12.1 Å². The topological polar surface area (TPSA) is 65.1 Å². The van der Waals surface area contributed by atoms with E-state index >= 15 is 0 Å². The minimum absolute atomic E-state index is 0.0379. The van der Waals surface area contributed by atoms with Gasteiger partial charge in [-0.15, -0.1) is 0 Å². The summed E-state index contributed by atoms with van der Waals surface area (Å²) in [6, 6.07) is 13.0. The number of nitrogens with zero attached hydrogens (tertiary/aromatic N) is 1. The molecule has 0 unspecified atom stereocenters. The van der Waals surface area contributed by atoms with Crippen molar-refractivity contribution in [3.8, 4) is 5.75 Å². The molecule has 1 saturated heterocycles. The first-order chi connectivity index (χ1) is 14.8. The summed E-state index contributed by atoms with van der Waals surface area (Å²) in [6.45, 7) is 0.210. The van der Waals surface area contributed by atoms with Crippen molar-refractivity contribution in [3.63, 3.8) is 0 Å². The molecule has 0 aromatic heterocycles. The zero-order valence-corrected chi connectivity index (χ0v) is 16.8. The number of alkyl halides is 3. The number of methoxy groups -OCH3 is 1. The van der Waals surface area contributed by atoms with Gasteiger partial charge in [-0.3, -0.25) is 4.79 Å². The summed E-state index contributed by atoms with van der Waals surface area (Å²) in [5.41, 5.74) is 0.0399. The second kappa shape index (κ2) is 9.72. The van der Waals surface area contributed by atoms with Crippen LogP contribution in [0.4, 0.5) is 18.0 Å². The second-order valence-corrected chi connectivity index (χ2v) is 7.12. The highest BCUT2D eigenvalue weighted by Crippen LogP contribution is 2.31. The molecular weight excluding hydrogens is 415 g/mol. The number of carbonyl (C=O) groups is 2. The standard InChI is InChI=1S/C22H22F3NO5/c1-29-20(27)12-17-11-19(31-18-9-7-16(8-10-18)22(23,24)25)13-26(17)21(28)30-14-15-5-3-2-4-6-15/h2-10,17,19H,11-14H2,1H3/t17-,19-/m0/s1. The Morgan fingerprint density at radius 1 is 1.06 bits per heavy atom. The van der Waals surface area contributed by atoms with Crippen molar-refractivity contribution in [2.45, 2.75) is 37.8 Å². The predicted octanol–water partition coefficient (Wildman–Crippen LogP) is 4.43. The van der Waals surface area contributed by atoms with Gasteiger partial charge in [0.05, 0.1) is 25.6 Å². The zero-order chi connectivity index (χ0) is 22.4. The molecule has 0 aliphatic carbocycles. The average molecular weight is 437 g/mol. The van der Waals surface area contributed by atoms with Gasteiger partial charge in [-0.1, -0.05) is 30.3 Å². The van der Waals surface area contributed by atoms with Crippen LogP contribution in [0.1, 0.15) is 24.0 Å². The number of benzene rings is 2. The third kappa shape index (κ3) is 6.13. The minimum Gasteiger partial charge on any atom is -0.489 e. The lowest BCUT2D eigenvalue weighted by molar-refractivity contribution is -0.141. The zero-order valence-electron chi connectivity index (χ0n) is 16.8. The van der Waals surface area contributed by atoms with Crippen LogP contribution in [0.15, 0.2) is 54.6 Å². The van der Waals surface area contributed by atoms with Gasteiger partial charge in [-0.2, -0.15) is 13.2 Å². The lowest BCUT2D eigenvalue weighted by Crippen LogP contribution is -2.38. The van der Waals surface area contributed by atoms with E-state index < -0.39 is 35.9 Å². The first-order valence-corrected chi connectivity index (χ1v) is 9.64. The van der Waals surface area contributed by atoms with Crippen molar-refractivity contribution in [1.82, 2.24) is 4.90 Å². The van der Waals surface area contributed by atoms with E-state index in [2.05, 4.69) is 0 Å². The molecule has 2 atom stereocenters. The van der Waals surface area contributed by atoms with Crippen LogP contribution in [0.3, 0.4) is 0 Å². The molecule has 1 amide bonds. The van der Waals surface area contributed by atoms with Crippen LogP contribution in [0, 0.1) is 0 Å². The molecule has 2 aromatic rings. The second-order valence-electron chi connectivity index (χ2n) is 7.12. The molecule has 0 saturated carbocycles. The molecule has 0 N–H and O–H groups in total. The van der Waals surface area contributed by atoms with Crippen molar-refractivity contribution in [2.24, 2.45) is 0 Å². The van der Waals surface area contributed by atoms with Gasteiger partial charge in [0, 0.05) is 12.5 Å². The first kappa shape index (κ1) is 22.5. The fourth-order valence-electron chi connectivity index (χ4n) is 3.37. The molecule has 9 heteroatoms. The fourth-order valence-corrected chi connectivity index (χ4v) is 3.37. The van der Waals surface area contributed by atoms with Gasteiger partial charge >= 0.3 is 18.2 Å². The molecule has 1 fully saturated rings. The molecule has 0 radical (unpaired) electrons. The van der Waals surface area contributed by atoms with Crippen LogP contribution in [-0.4, -0.2) is 42.8 Å². The van der Waals surface area contributed by atoms with E-state index in [4.69, 9.17) is 14.2 Å². The summed E-state index contributed by atoms with van der Waals surface area (Å²) < 4.78 is 54.0. The first-order valence-electron chi connectivity index (χ1n) is 9.64. The van der Waals surface area contributed by atoms with Crippen molar-refractivity contribution in [1.29, 1.82) is 0 Å². The Bertz CT molecular complexity index is 886. The summed E-state index contributed by atoms with van der Waals surface area (Å²) in [7, 11) is 1.26. The number of amides is 1. The summed E-state index contributed by atoms with van der Waals surface area (Å²) in [4.78, 5) is 25.8. The van der Waals surface area contributed by atoms with Crippen LogP contribution in [0.5, 0.6) is 5.75 Å². The molecule has 1 aliphatic heterocycles. The summed E-state index contributed by atoms with van der Waals surface area (Å²) in [5.74, 6) is -0.240. The molecule has 1 heterocycles. The smallest absolute Gasteiger partial charge is 0.416 e. The van der Waals surface area contributed by atoms with Crippen LogP contribution in [0.25, 0.3) is 0 Å². The average Bonchev–Trinajstić information content (AvgIpc) is 3.14. The normalized spacial score (nSPS) is 18.5. The monoisotopic (exact) mass is 437 g/mol. The maximum atomic E-state index is 12.7. The number of likely N-dealkylation sites (tertiary alicyclic amines) is 1. The summed E-state index contributed by atoms with van der Waals surface area (Å²) in [5, 5.41) is 0. The highest BCUT2D eigenvalue weighted by molar-refractivity contribution is 5.73. The lowest BCUT2D eigenvalue weighted by atomic mass is 10.1. The summed E-state index contributed by atoms with van der Waals surface area (Å²) >= 11 is 0. The number of halogens is 3. The van der Waals surface area contributed by atoms with Gasteiger partial charge in [-0.05, 0) is 29.8 Å². The van der Waals surface area contributed by atoms with E-state index in [1.54, 1.807) is 0 Å². The van der Waals surface area contributed by atoms with Gasteiger partial charge in [0.1, 0.15) is 18.5 Å². The van der Waals surface area contributed by atoms with Gasteiger partial charge < -0.3 is 19.1 Å². The number of hydrogen-bond acceptors (Lipinski definition) is 5. The molecule has 166 valence electrons. The Balaban J connectivity index is 1.65. The molecule has 2 aromatic carbocycles. The van der Waals surface area contributed by atoms with E-state index in [1.165, 1.54) is 24.1 Å². The quantitative estimate of drug-likeness (QED) is 0.626. The van der Waals surface area contributed by atoms with Crippen LogP contribution in [-0.2, 0) is 27.1 Å². The number of carbonyl (C=O) groups excluding carboxylic acids is 2. The Morgan fingerprint density at radius 2 is 1.74 bits per heavy atom. The SMILES string of the molecule is COC(=O)C[C@@H]1C[C@H](Oc2ccc(C(F)(F)F)cc2)CN1C(=O)OCc1ccccc1. The maximum Gasteiger partial charge on any atom is 0.416 e. The molecule has 1 aliphatic rings. The summed E-state index contributed by atoms with van der Waals surface area (Å²) in [6.07, 6.45) is -5.26. The fraction of sp³-hybridized carbons (Fsp3) is 0.364. The Morgan fingerprint density at radius 3 is 2.35 bits per heavy atom. The Kier molecular flexibility index (Phi) is 7.04. The lowest BCUT2D eigenvalue weighted by Gasteiger charge is -2.22. The molecular formula is C22H22F3NO5. The largest absolute Gasteiger partial charge is 0.489 e. The van der Waals surface area contributed by atoms with E-state index in [9.17, 15) is 22.8 Å². The van der Waals surface area contributed by atoms with Crippen molar-refractivity contribution in [3.05, 3.63) is 65.7 Å². The predicted molar refractivity (Wildman–Crippen MR) is 104 cm³/mol. The van der Waals surface area contributed by atoms with Crippen LogP contribution < -0.4 is 4.74 Å². The van der Waals surface area contributed by atoms with Gasteiger partial charge in [0.15, 0.2) is 0 Å². The maximum absolute atomic E-state index is 12.7. The van der Waals surface area contributed by atoms with Gasteiger partial charge in [0.2, 0.25) is 0 Å². The van der Waals surface area contributed by atoms with Crippen LogP contribution in [0.2, 0.25) is 0 Å². The highest BCUT2D eigenvalue weighted by Gasteiger charge is 2.39. The van der Waals surface area contributed by atoms with E-state index in [0.29, 0.717) is 6.42 Å². The van der Waals surface area contributed by atoms with Gasteiger partial charge in [-0.25, -0.2) is 4.79 Å². The highest BCUT2D eigenvalue weighted by atomic mass is 19.4. The van der Waals surface area contributed by atoms with E-state index in [-0.39, 0.29) is 25.3 Å². The minimum atomic E-state index is -4.43. The number of hydrogen-bond donors (Lipinski definition) is 0. The molecule has 0 bridgehead atoms. The number of ether oxygens (including phenoxy) is 3. The molecule has 31 heavy (non-hydrogen) atoms. The number of rotatable bonds is 6. The molecule has 6 nitrogen and oxygen atoms in total. The molecule has 3 rings (SSSR count). The van der Waals surface area contributed by atoms with Gasteiger partial charge in [0.25, 0.3) is 0 Å². The number of esters is 1. The van der Waals surface area contributed by atoms with Crippen molar-refractivity contribution < 1.29 is 37.0 Å². The van der Waals surface area contributed by atoms with E-state index in [0.717, 1.165) is 17.7 Å². The van der Waals surface area contributed by atoms with Crippen LogP contribution >= 0.6 is 0 Å². The Labute approximate surface area is 177 Å². The van der Waals surface area contributed by atoms with E-state index in [1.807, 2.05) is 30.3 Å². The van der Waals surface area contributed by atoms with Crippen molar-refractivity contribution in [2.75, 3.05) is 13.7 Å². The third-order valence-electron chi connectivity index (χ3n) is 4.93. The Hall–Kier alpha value is -3.23. The third-order valence-corrected chi connectivity index (χ3v) is 4.93. The molecule has 0 spiro atoms.